The first-order chi connectivity index (χ1) is 15.8. The van der Waals surface area contributed by atoms with Gasteiger partial charge in [-0.05, 0) is 54.2 Å². The van der Waals surface area contributed by atoms with Gasteiger partial charge in [-0.3, -0.25) is 9.48 Å². The topological polar surface area (TPSA) is 112 Å². The molecule has 4 rings (SSSR count). The van der Waals surface area contributed by atoms with Gasteiger partial charge in [-0.2, -0.15) is 5.10 Å². The van der Waals surface area contributed by atoms with Crippen molar-refractivity contribution >= 4 is 15.9 Å². The van der Waals surface area contributed by atoms with Gasteiger partial charge in [0, 0.05) is 18.0 Å². The normalized spacial score (nSPS) is 14.9. The fraction of sp³-hybridized carbons (Fsp3) is 0.348. The van der Waals surface area contributed by atoms with Gasteiger partial charge in [-0.1, -0.05) is 19.4 Å². The summed E-state index contributed by atoms with van der Waals surface area (Å²) in [5, 5.41) is 4.14. The summed E-state index contributed by atoms with van der Waals surface area (Å²) in [6, 6.07) is 10.0. The zero-order chi connectivity index (χ0) is 23.6. The van der Waals surface area contributed by atoms with Crippen molar-refractivity contribution in [2.75, 3.05) is 14.2 Å². The van der Waals surface area contributed by atoms with Crippen LogP contribution in [-0.4, -0.2) is 43.3 Å². The maximum Gasteiger partial charge on any atom is 0.283 e. The fourth-order valence-electron chi connectivity index (χ4n) is 3.95. The third-order valence-corrected chi connectivity index (χ3v) is 7.44. The summed E-state index contributed by atoms with van der Waals surface area (Å²) in [5.74, 6) is -0.476. The van der Waals surface area contributed by atoms with Gasteiger partial charge in [0.05, 0.1) is 20.8 Å². The number of rotatable bonds is 8. The third-order valence-electron chi connectivity index (χ3n) is 6.09. The summed E-state index contributed by atoms with van der Waals surface area (Å²) in [5.41, 5.74) is 1.45. The second kappa shape index (κ2) is 8.86. The summed E-state index contributed by atoms with van der Waals surface area (Å²) >= 11 is 0. The highest BCUT2D eigenvalue weighted by atomic mass is 32.2. The largest absolute Gasteiger partial charge is 0.495 e. The molecule has 1 aromatic carbocycles. The average Bonchev–Trinajstić information content (AvgIpc) is 3.30. The van der Waals surface area contributed by atoms with E-state index in [9.17, 15) is 13.2 Å². The first-order valence-corrected chi connectivity index (χ1v) is 12.0. The van der Waals surface area contributed by atoms with E-state index in [4.69, 9.17) is 9.47 Å². The van der Waals surface area contributed by atoms with E-state index in [0.29, 0.717) is 12.1 Å². The smallest absolute Gasteiger partial charge is 0.283 e. The van der Waals surface area contributed by atoms with Crippen molar-refractivity contribution in [1.82, 2.24) is 19.5 Å². The van der Waals surface area contributed by atoms with Crippen molar-refractivity contribution in [2.24, 2.45) is 0 Å². The predicted molar refractivity (Wildman–Crippen MR) is 121 cm³/mol. The molecule has 9 nitrogen and oxygen atoms in total. The van der Waals surface area contributed by atoms with Crippen LogP contribution in [0.2, 0.25) is 0 Å². The maximum atomic E-state index is 13.1. The number of aromatic nitrogens is 3. The molecule has 0 bridgehead atoms. The van der Waals surface area contributed by atoms with Gasteiger partial charge in [0.1, 0.15) is 16.3 Å². The van der Waals surface area contributed by atoms with Gasteiger partial charge in [-0.15, -0.1) is 0 Å². The molecule has 2 heterocycles. The molecule has 0 radical (unpaired) electrons. The van der Waals surface area contributed by atoms with E-state index in [1.165, 1.54) is 20.3 Å². The van der Waals surface area contributed by atoms with E-state index >= 15 is 0 Å². The van der Waals surface area contributed by atoms with Crippen molar-refractivity contribution in [1.29, 1.82) is 0 Å². The first-order valence-electron chi connectivity index (χ1n) is 10.5. The Balaban J connectivity index is 1.59. The van der Waals surface area contributed by atoms with Crippen LogP contribution in [0.3, 0.4) is 0 Å². The summed E-state index contributed by atoms with van der Waals surface area (Å²) in [4.78, 5) is 16.9. The number of ether oxygens (including phenoxy) is 2. The molecule has 174 valence electrons. The lowest BCUT2D eigenvalue weighted by Crippen LogP contribution is -2.33. The minimum absolute atomic E-state index is 0.0696. The van der Waals surface area contributed by atoms with Crippen LogP contribution in [-0.2, 0) is 22.0 Å². The van der Waals surface area contributed by atoms with E-state index < -0.39 is 15.9 Å². The second-order valence-electron chi connectivity index (χ2n) is 8.28. The lowest BCUT2D eigenvalue weighted by atomic mass is 9.66. The third kappa shape index (κ3) is 4.56. The Morgan fingerprint density at radius 3 is 2.58 bits per heavy atom. The highest BCUT2D eigenvalue weighted by molar-refractivity contribution is 7.90. The molecule has 3 aromatic rings. The molecule has 0 unspecified atom stereocenters. The Morgan fingerprint density at radius 2 is 1.97 bits per heavy atom. The minimum Gasteiger partial charge on any atom is -0.495 e. The molecule has 0 spiro atoms. The number of carbonyl (C=O) groups is 1. The molecule has 10 heteroatoms. The van der Waals surface area contributed by atoms with Gasteiger partial charge in [0.15, 0.2) is 0 Å². The zero-order valence-electron chi connectivity index (χ0n) is 18.7. The molecule has 33 heavy (non-hydrogen) atoms. The number of nitrogens with zero attached hydrogens (tertiary/aromatic N) is 3. The molecule has 2 aromatic heterocycles. The van der Waals surface area contributed by atoms with Crippen LogP contribution in [0.1, 0.15) is 47.8 Å². The Morgan fingerprint density at radius 1 is 1.18 bits per heavy atom. The number of methoxy groups -OCH3 is 2. The number of hydrogen-bond acceptors (Lipinski definition) is 7. The van der Waals surface area contributed by atoms with Gasteiger partial charge in [-0.25, -0.2) is 18.1 Å². The number of amides is 1. The summed E-state index contributed by atoms with van der Waals surface area (Å²) in [7, 11) is -1.38. The van der Waals surface area contributed by atoms with Crippen molar-refractivity contribution in [2.45, 2.75) is 43.0 Å². The predicted octanol–water partition coefficient (Wildman–Crippen LogP) is 2.90. The molecule has 0 aliphatic heterocycles. The number of benzene rings is 1. The fourth-order valence-corrected chi connectivity index (χ4v) is 5.11. The minimum atomic E-state index is -4.21. The van der Waals surface area contributed by atoms with Crippen molar-refractivity contribution in [3.05, 3.63) is 65.6 Å². The van der Waals surface area contributed by atoms with Crippen molar-refractivity contribution < 1.29 is 22.7 Å². The van der Waals surface area contributed by atoms with Crippen LogP contribution >= 0.6 is 0 Å². The Bertz CT molecular complexity index is 1270. The van der Waals surface area contributed by atoms with E-state index in [1.54, 1.807) is 41.3 Å². The number of carbonyl (C=O) groups excluding carboxylic acids is 1. The Kier molecular flexibility index (Phi) is 6.11. The Hall–Kier alpha value is -3.40. The molecule has 1 fully saturated rings. The van der Waals surface area contributed by atoms with Gasteiger partial charge < -0.3 is 9.47 Å². The van der Waals surface area contributed by atoms with E-state index in [-0.39, 0.29) is 27.6 Å². The lowest BCUT2D eigenvalue weighted by Gasteiger charge is -2.39. The molecule has 1 aliphatic carbocycles. The highest BCUT2D eigenvalue weighted by Crippen LogP contribution is 2.44. The van der Waals surface area contributed by atoms with Crippen molar-refractivity contribution in [3.8, 4) is 11.6 Å². The molecule has 1 saturated carbocycles. The van der Waals surface area contributed by atoms with Crippen LogP contribution in [0.15, 0.2) is 53.7 Å². The first kappa shape index (κ1) is 22.8. The van der Waals surface area contributed by atoms with Crippen molar-refractivity contribution in [3.63, 3.8) is 0 Å². The van der Waals surface area contributed by atoms with Crippen LogP contribution in [0.4, 0.5) is 0 Å². The number of pyridine rings is 1. The molecular weight excluding hydrogens is 444 g/mol. The number of hydrogen-bond donors (Lipinski definition) is 1. The van der Waals surface area contributed by atoms with Gasteiger partial charge in [0.25, 0.3) is 15.9 Å². The molecule has 0 atom stereocenters. The van der Waals surface area contributed by atoms with Crippen LogP contribution < -0.4 is 14.2 Å². The van der Waals surface area contributed by atoms with Crippen LogP contribution in [0, 0.1) is 0 Å². The lowest BCUT2D eigenvalue weighted by molar-refractivity contribution is 0.0975. The van der Waals surface area contributed by atoms with Gasteiger partial charge >= 0.3 is 0 Å². The SMILES string of the molecule is COc1ccc(C2(C)CCC2)cc1S(=O)(=O)NC(=O)c1ccc(Cn2cccn2)c(OC)n1. The number of sulfonamides is 1. The molecule has 0 saturated heterocycles. The summed E-state index contributed by atoms with van der Waals surface area (Å²) < 4.78 is 40.6. The summed E-state index contributed by atoms with van der Waals surface area (Å²) in [6.45, 7) is 2.50. The number of nitrogens with one attached hydrogen (secondary N) is 1. The maximum absolute atomic E-state index is 13.1. The van der Waals surface area contributed by atoms with Crippen LogP contribution in [0.5, 0.6) is 11.6 Å². The molecular formula is C23H26N4O5S. The Labute approximate surface area is 192 Å². The molecule has 1 N–H and O–H groups in total. The van der Waals surface area contributed by atoms with Crippen LogP contribution in [0.25, 0.3) is 0 Å². The molecule has 1 aliphatic rings. The summed E-state index contributed by atoms with van der Waals surface area (Å²) in [6.07, 6.45) is 6.52. The molecule has 1 amide bonds. The van der Waals surface area contributed by atoms with E-state index in [2.05, 4.69) is 21.7 Å². The van der Waals surface area contributed by atoms with Gasteiger partial charge in [0.2, 0.25) is 5.88 Å². The van der Waals surface area contributed by atoms with E-state index in [1.807, 2.05) is 6.07 Å². The standard InChI is InChI=1S/C23H26N4O5S/c1-23(10-4-11-23)17-7-9-19(31-2)20(14-17)33(29,30)26-21(28)18-8-6-16(22(25-18)32-3)15-27-13-5-12-24-27/h5-9,12-14H,4,10-11,15H2,1-3H3,(H,26,28). The second-order valence-corrected chi connectivity index (χ2v) is 9.93. The quantitative estimate of drug-likeness (QED) is 0.539. The monoisotopic (exact) mass is 470 g/mol. The highest BCUT2D eigenvalue weighted by Gasteiger charge is 2.35. The van der Waals surface area contributed by atoms with E-state index in [0.717, 1.165) is 24.8 Å². The average molecular weight is 471 g/mol. The zero-order valence-corrected chi connectivity index (χ0v) is 19.6.